The number of carbonyl (C=O) groups is 1. The standard InChI is InChI=1S/C13H27N2O5.C6H13NO2.C2H6.Y/c14-4-11(9-20-10-13(7-17)8-18)2-1-3-12(6-16)5-15-19;8-6-4-2-1-3-5-7-9;1-2;/h11-14,16-18H,1-10H2;6-7,9H,1-5H2;1-2H3;/q-1;;;. The molecule has 1 radical (unpaired) electrons. The van der Waals surface area contributed by atoms with Gasteiger partial charge in [0.25, 0.3) is 0 Å². The summed E-state index contributed by atoms with van der Waals surface area (Å²) in [4.78, 5) is 19.9. The van der Waals surface area contributed by atoms with Gasteiger partial charge < -0.3 is 35.8 Å². The van der Waals surface area contributed by atoms with E-state index in [1.54, 1.807) is 0 Å². The van der Waals surface area contributed by atoms with Gasteiger partial charge >= 0.3 is 0 Å². The molecule has 0 spiro atoms. The molecule has 11 heteroatoms. The second-order valence-corrected chi connectivity index (χ2v) is 7.05. The van der Waals surface area contributed by atoms with Crippen molar-refractivity contribution in [2.75, 3.05) is 52.7 Å². The zero-order chi connectivity index (χ0) is 24.2. The first kappa shape index (κ1) is 39.3. The topological polar surface area (TPSA) is 172 Å². The maximum atomic E-state index is 10.1. The molecular weight excluding hydrogens is 495 g/mol. The zero-order valence-corrected chi connectivity index (χ0v) is 22.8. The van der Waals surface area contributed by atoms with Crippen LogP contribution < -0.4 is 5.48 Å². The first-order chi connectivity index (χ1) is 15.1. The molecule has 6 N–H and O–H groups in total. The van der Waals surface area contributed by atoms with Crippen molar-refractivity contribution in [3.05, 3.63) is 10.6 Å². The van der Waals surface area contributed by atoms with Crippen molar-refractivity contribution in [3.63, 3.8) is 0 Å². The summed E-state index contributed by atoms with van der Waals surface area (Å²) in [5.41, 5.74) is 9.51. The van der Waals surface area contributed by atoms with E-state index < -0.39 is 0 Å². The van der Waals surface area contributed by atoms with E-state index in [2.05, 4.69) is 10.7 Å². The second-order valence-electron chi connectivity index (χ2n) is 7.05. The molecule has 0 heterocycles. The molecule has 2 atom stereocenters. The quantitative estimate of drug-likeness (QED) is 0.0677. The van der Waals surface area contributed by atoms with Crippen molar-refractivity contribution in [3.8, 4) is 0 Å². The van der Waals surface area contributed by atoms with Gasteiger partial charge in [-0.25, -0.2) is 5.48 Å². The fraction of sp³-hybridized carbons (Fsp3) is 0.952. The molecule has 0 fully saturated rings. The molecule has 191 valence electrons. The minimum atomic E-state index is -0.265. The molecule has 0 saturated carbocycles. The van der Waals surface area contributed by atoms with Crippen LogP contribution in [0.5, 0.6) is 0 Å². The average Bonchev–Trinajstić information content (AvgIpc) is 2.81. The molecule has 0 aliphatic heterocycles. The molecule has 0 aromatic carbocycles. The molecule has 0 aliphatic carbocycles. The van der Waals surface area contributed by atoms with Crippen LogP contribution in [0.3, 0.4) is 0 Å². The predicted octanol–water partition coefficient (Wildman–Crippen LogP) is 2.57. The Labute approximate surface area is 218 Å². The van der Waals surface area contributed by atoms with Crippen molar-refractivity contribution in [1.29, 1.82) is 0 Å². The Bertz CT molecular complexity index is 355. The van der Waals surface area contributed by atoms with Crippen LogP contribution in [0.25, 0.3) is 5.73 Å². The number of hydroxylamine groups is 1. The minimum absolute atomic E-state index is 0. The van der Waals surface area contributed by atoms with Gasteiger partial charge in [0.2, 0.25) is 0 Å². The van der Waals surface area contributed by atoms with E-state index in [-0.39, 0.29) is 90.0 Å². The molecule has 10 nitrogen and oxygen atoms in total. The molecule has 0 rings (SSSR count). The van der Waals surface area contributed by atoms with Crippen LogP contribution in [0.2, 0.25) is 0 Å². The summed E-state index contributed by atoms with van der Waals surface area (Å²) in [5.74, 6) is -0.261. The molecule has 2 unspecified atom stereocenters. The van der Waals surface area contributed by atoms with E-state index in [1.807, 2.05) is 13.8 Å². The van der Waals surface area contributed by atoms with Crippen LogP contribution in [0.4, 0.5) is 0 Å². The summed E-state index contributed by atoms with van der Waals surface area (Å²) < 4.78 is 5.40. The van der Waals surface area contributed by atoms with Crippen LogP contribution in [-0.2, 0) is 42.2 Å². The van der Waals surface area contributed by atoms with Gasteiger partial charge in [0, 0.05) is 70.7 Å². The third kappa shape index (κ3) is 30.1. The van der Waals surface area contributed by atoms with Crippen LogP contribution >= 0.6 is 0 Å². The van der Waals surface area contributed by atoms with Gasteiger partial charge in [-0.3, -0.25) is 0 Å². The number of nitroso groups, excluding NO2 is 1. The monoisotopic (exact) mass is 541 g/mol. The van der Waals surface area contributed by atoms with Crippen molar-refractivity contribution in [1.82, 2.24) is 5.48 Å². The number of ether oxygens (including phenoxy) is 1. The smallest absolute Gasteiger partial charge is 0.119 e. The Kier molecular flexibility index (Phi) is 43.8. The van der Waals surface area contributed by atoms with E-state index in [9.17, 15) is 9.70 Å². The first-order valence-electron chi connectivity index (χ1n) is 11.3. The number of nitrogens with zero attached hydrogens (tertiary/aromatic N) is 1. The van der Waals surface area contributed by atoms with E-state index in [0.717, 1.165) is 38.4 Å². The Morgan fingerprint density at radius 3 is 1.97 bits per heavy atom. The molecule has 0 aliphatic rings. The Balaban J connectivity index is -0.000000275. The van der Waals surface area contributed by atoms with Gasteiger partial charge in [-0.15, -0.1) is 6.54 Å². The normalized spacial score (nSPS) is 11.9. The van der Waals surface area contributed by atoms with Crippen LogP contribution in [0.15, 0.2) is 5.18 Å². The average molecular weight is 542 g/mol. The number of carbonyl (C=O) groups excluding carboxylic acids is 1. The van der Waals surface area contributed by atoms with Gasteiger partial charge in [0.1, 0.15) is 6.29 Å². The van der Waals surface area contributed by atoms with Crippen molar-refractivity contribution in [2.45, 2.75) is 58.8 Å². The largest absolute Gasteiger partial charge is 0.677 e. The number of aliphatic hydroxyl groups is 3. The molecule has 32 heavy (non-hydrogen) atoms. The Hall–Kier alpha value is 0.0939. The van der Waals surface area contributed by atoms with Crippen molar-refractivity contribution in [2.24, 2.45) is 22.9 Å². The molecular formula is C21H46N3O7Y-. The molecule has 0 aromatic rings. The van der Waals surface area contributed by atoms with E-state index in [1.165, 1.54) is 0 Å². The summed E-state index contributed by atoms with van der Waals surface area (Å²) in [5, 5.41) is 37.7. The molecule has 0 saturated heterocycles. The van der Waals surface area contributed by atoms with Crippen molar-refractivity contribution < 1.29 is 62.8 Å². The van der Waals surface area contributed by atoms with Gasteiger partial charge in [0.05, 0.1) is 26.4 Å². The number of hydrogen-bond acceptors (Lipinski definition) is 9. The van der Waals surface area contributed by atoms with Crippen LogP contribution in [0.1, 0.15) is 58.8 Å². The maximum Gasteiger partial charge on any atom is 0.119 e. The van der Waals surface area contributed by atoms with Gasteiger partial charge in [-0.05, 0) is 31.6 Å². The summed E-state index contributed by atoms with van der Waals surface area (Å²) in [6.45, 7) is 5.46. The number of aliphatic hydroxyl groups excluding tert-OH is 3. The SMILES string of the molecule is CC.O=CCCCCCNO.[NH-]CC(CCCC(CO)CN=O)COCC(CO)CO.[Y]. The molecule has 0 aromatic heterocycles. The summed E-state index contributed by atoms with van der Waals surface area (Å²) in [6, 6.07) is 0. The minimum Gasteiger partial charge on any atom is -0.677 e. The van der Waals surface area contributed by atoms with E-state index >= 15 is 0 Å². The second kappa shape index (κ2) is 35.7. The van der Waals surface area contributed by atoms with E-state index in [4.69, 9.17) is 31.0 Å². The van der Waals surface area contributed by atoms with Gasteiger partial charge in [0.15, 0.2) is 0 Å². The van der Waals surface area contributed by atoms with Gasteiger partial charge in [-0.2, -0.15) is 4.91 Å². The summed E-state index contributed by atoms with van der Waals surface area (Å²) in [6.07, 6.45) is 6.77. The van der Waals surface area contributed by atoms with Gasteiger partial charge in [-0.1, -0.05) is 31.9 Å². The third-order valence-corrected chi connectivity index (χ3v) is 4.44. The number of hydrogen-bond donors (Lipinski definition) is 5. The number of rotatable bonds is 20. The summed E-state index contributed by atoms with van der Waals surface area (Å²) >= 11 is 0. The van der Waals surface area contributed by atoms with E-state index in [0.29, 0.717) is 26.0 Å². The molecule has 0 bridgehead atoms. The van der Waals surface area contributed by atoms with Crippen molar-refractivity contribution >= 4 is 6.29 Å². The van der Waals surface area contributed by atoms with Crippen LogP contribution in [-0.4, -0.2) is 79.5 Å². The fourth-order valence-electron chi connectivity index (χ4n) is 2.46. The van der Waals surface area contributed by atoms with Crippen LogP contribution in [0, 0.1) is 22.7 Å². The Morgan fingerprint density at radius 1 is 0.938 bits per heavy atom. The Morgan fingerprint density at radius 2 is 1.50 bits per heavy atom. The fourth-order valence-corrected chi connectivity index (χ4v) is 2.46. The number of unbranched alkanes of at least 4 members (excludes halogenated alkanes) is 3. The maximum absolute atomic E-state index is 10.1. The summed E-state index contributed by atoms with van der Waals surface area (Å²) in [7, 11) is 0. The number of aldehydes is 1. The zero-order valence-electron chi connectivity index (χ0n) is 20.0. The predicted molar refractivity (Wildman–Crippen MR) is 122 cm³/mol. The number of nitrogens with one attached hydrogen (secondary N) is 2. The molecule has 0 amide bonds. The first-order valence-corrected chi connectivity index (χ1v) is 11.3. The third-order valence-electron chi connectivity index (χ3n) is 4.44.